The van der Waals surface area contributed by atoms with Gasteiger partial charge in [-0.3, -0.25) is 4.79 Å². The van der Waals surface area contributed by atoms with Gasteiger partial charge in [0.05, 0.1) is 11.6 Å². The second kappa shape index (κ2) is 6.26. The third kappa shape index (κ3) is 3.96. The molecule has 6 heteroatoms. The van der Waals surface area contributed by atoms with Crippen LogP contribution in [0.3, 0.4) is 0 Å². The summed E-state index contributed by atoms with van der Waals surface area (Å²) < 4.78 is 37.2. The molecule has 1 amide bonds. The fraction of sp³-hybridized carbons (Fsp3) is 0.500. The van der Waals surface area contributed by atoms with Gasteiger partial charge in [0, 0.05) is 6.54 Å². The van der Waals surface area contributed by atoms with E-state index in [0.29, 0.717) is 13.0 Å². The van der Waals surface area contributed by atoms with Crippen LogP contribution < -0.4 is 10.6 Å². The molecule has 0 bridgehead atoms. The summed E-state index contributed by atoms with van der Waals surface area (Å²) in [6.45, 7) is 1.29. The van der Waals surface area contributed by atoms with Gasteiger partial charge in [-0.25, -0.2) is 0 Å². The molecule has 1 aromatic rings. The minimum absolute atomic E-state index is 0.0330. The molecule has 0 radical (unpaired) electrons. The van der Waals surface area contributed by atoms with Crippen molar-refractivity contribution in [2.24, 2.45) is 0 Å². The van der Waals surface area contributed by atoms with E-state index < -0.39 is 11.7 Å². The molecule has 1 heterocycles. The normalized spacial score (nSPS) is 19.1. The lowest BCUT2D eigenvalue weighted by Crippen LogP contribution is -2.41. The van der Waals surface area contributed by atoms with E-state index in [0.717, 1.165) is 37.1 Å². The standard InChI is InChI=1S/C14H17F3N2O/c15-14(16,17)11-5-3-10(4-6-11)7-9-19-13(20)12-2-1-8-18-12/h3-6,12,18H,1-2,7-9H2,(H,19,20)/t12-/m0/s1. The fourth-order valence-electron chi connectivity index (χ4n) is 2.22. The molecule has 1 fully saturated rings. The van der Waals surface area contributed by atoms with Gasteiger partial charge in [0.25, 0.3) is 0 Å². The van der Waals surface area contributed by atoms with Gasteiger partial charge in [0.2, 0.25) is 5.91 Å². The van der Waals surface area contributed by atoms with Crippen molar-refractivity contribution in [3.8, 4) is 0 Å². The van der Waals surface area contributed by atoms with Crippen LogP contribution in [0, 0.1) is 0 Å². The third-order valence-electron chi connectivity index (χ3n) is 3.37. The minimum atomic E-state index is -4.30. The maximum absolute atomic E-state index is 12.4. The van der Waals surface area contributed by atoms with Crippen molar-refractivity contribution >= 4 is 5.91 Å². The maximum Gasteiger partial charge on any atom is 0.416 e. The monoisotopic (exact) mass is 286 g/mol. The summed E-state index contributed by atoms with van der Waals surface area (Å²) in [5, 5.41) is 5.89. The molecular formula is C14H17F3N2O. The molecular weight excluding hydrogens is 269 g/mol. The zero-order valence-corrected chi connectivity index (χ0v) is 11.0. The average molecular weight is 286 g/mol. The van der Waals surface area contributed by atoms with Gasteiger partial charge in [-0.15, -0.1) is 0 Å². The second-order valence-electron chi connectivity index (χ2n) is 4.88. The van der Waals surface area contributed by atoms with Crippen LogP contribution in [0.15, 0.2) is 24.3 Å². The number of carbonyl (C=O) groups is 1. The van der Waals surface area contributed by atoms with E-state index in [-0.39, 0.29) is 11.9 Å². The van der Waals surface area contributed by atoms with Crippen molar-refractivity contribution in [1.82, 2.24) is 10.6 Å². The summed E-state index contributed by atoms with van der Waals surface area (Å²) in [6, 6.07) is 4.90. The van der Waals surface area contributed by atoms with Crippen molar-refractivity contribution in [2.45, 2.75) is 31.5 Å². The van der Waals surface area contributed by atoms with Crippen LogP contribution in [0.2, 0.25) is 0 Å². The molecule has 0 spiro atoms. The van der Waals surface area contributed by atoms with Gasteiger partial charge < -0.3 is 10.6 Å². The number of alkyl halides is 3. The Balaban J connectivity index is 1.78. The van der Waals surface area contributed by atoms with Crippen molar-refractivity contribution in [3.63, 3.8) is 0 Å². The Kier molecular flexibility index (Phi) is 4.65. The van der Waals surface area contributed by atoms with E-state index in [1.54, 1.807) is 0 Å². The second-order valence-corrected chi connectivity index (χ2v) is 4.88. The Labute approximate surface area is 115 Å². The van der Waals surface area contributed by atoms with Crippen LogP contribution in [-0.4, -0.2) is 25.0 Å². The van der Waals surface area contributed by atoms with Gasteiger partial charge in [0.1, 0.15) is 0 Å². The molecule has 0 saturated carbocycles. The van der Waals surface area contributed by atoms with E-state index in [2.05, 4.69) is 10.6 Å². The summed E-state index contributed by atoms with van der Waals surface area (Å²) in [5.74, 6) is -0.0330. The summed E-state index contributed by atoms with van der Waals surface area (Å²) in [6.07, 6.45) is -1.94. The molecule has 3 nitrogen and oxygen atoms in total. The zero-order chi connectivity index (χ0) is 14.6. The molecule has 0 unspecified atom stereocenters. The third-order valence-corrected chi connectivity index (χ3v) is 3.37. The number of hydrogen-bond acceptors (Lipinski definition) is 2. The highest BCUT2D eigenvalue weighted by Gasteiger charge is 2.29. The number of hydrogen-bond donors (Lipinski definition) is 2. The Bertz CT molecular complexity index is 450. The number of carbonyl (C=O) groups excluding carboxylic acids is 1. The van der Waals surface area contributed by atoms with E-state index >= 15 is 0 Å². The zero-order valence-electron chi connectivity index (χ0n) is 11.0. The van der Waals surface area contributed by atoms with Crippen LogP contribution >= 0.6 is 0 Å². The van der Waals surface area contributed by atoms with Gasteiger partial charge >= 0.3 is 6.18 Å². The number of rotatable bonds is 4. The van der Waals surface area contributed by atoms with Crippen molar-refractivity contribution in [1.29, 1.82) is 0 Å². The Morgan fingerprint density at radius 3 is 2.55 bits per heavy atom. The smallest absolute Gasteiger partial charge is 0.354 e. The van der Waals surface area contributed by atoms with Crippen molar-refractivity contribution < 1.29 is 18.0 Å². The number of nitrogens with one attached hydrogen (secondary N) is 2. The minimum Gasteiger partial charge on any atom is -0.354 e. The topological polar surface area (TPSA) is 41.1 Å². The largest absolute Gasteiger partial charge is 0.416 e. The van der Waals surface area contributed by atoms with Crippen LogP contribution in [0.1, 0.15) is 24.0 Å². The number of benzene rings is 1. The summed E-state index contributed by atoms with van der Waals surface area (Å²) in [5.41, 5.74) is 0.123. The van der Waals surface area contributed by atoms with Crippen molar-refractivity contribution in [3.05, 3.63) is 35.4 Å². The Morgan fingerprint density at radius 1 is 1.30 bits per heavy atom. The molecule has 1 aliphatic heterocycles. The Hall–Kier alpha value is -1.56. The SMILES string of the molecule is O=C(NCCc1ccc(C(F)(F)F)cc1)[C@@H]1CCCN1. The Morgan fingerprint density at radius 2 is 2.00 bits per heavy atom. The molecule has 0 aliphatic carbocycles. The van der Waals surface area contributed by atoms with Gasteiger partial charge in [-0.2, -0.15) is 13.2 Å². The molecule has 110 valence electrons. The van der Waals surface area contributed by atoms with Crippen LogP contribution in [0.4, 0.5) is 13.2 Å². The summed E-state index contributed by atoms with van der Waals surface area (Å²) in [7, 11) is 0. The van der Waals surface area contributed by atoms with Gasteiger partial charge in [-0.05, 0) is 43.5 Å². The molecule has 0 aromatic heterocycles. The van der Waals surface area contributed by atoms with E-state index in [4.69, 9.17) is 0 Å². The van der Waals surface area contributed by atoms with Crippen molar-refractivity contribution in [2.75, 3.05) is 13.1 Å². The average Bonchev–Trinajstić information content (AvgIpc) is 2.92. The van der Waals surface area contributed by atoms with E-state index in [1.807, 2.05) is 0 Å². The van der Waals surface area contributed by atoms with Crippen LogP contribution in [0.5, 0.6) is 0 Å². The van der Waals surface area contributed by atoms with Gasteiger partial charge in [0.15, 0.2) is 0 Å². The summed E-state index contributed by atoms with van der Waals surface area (Å²) >= 11 is 0. The number of halogens is 3. The highest BCUT2D eigenvalue weighted by atomic mass is 19.4. The molecule has 2 rings (SSSR count). The lowest BCUT2D eigenvalue weighted by molar-refractivity contribution is -0.137. The van der Waals surface area contributed by atoms with Crippen LogP contribution in [0.25, 0.3) is 0 Å². The van der Waals surface area contributed by atoms with E-state index in [1.165, 1.54) is 12.1 Å². The quantitative estimate of drug-likeness (QED) is 0.890. The lowest BCUT2D eigenvalue weighted by atomic mass is 10.1. The number of amides is 1. The molecule has 1 aliphatic rings. The molecule has 1 aromatic carbocycles. The first kappa shape index (κ1) is 14.8. The lowest BCUT2D eigenvalue weighted by Gasteiger charge is -2.11. The van der Waals surface area contributed by atoms with Crippen LogP contribution in [-0.2, 0) is 17.4 Å². The predicted molar refractivity (Wildman–Crippen MR) is 69.2 cm³/mol. The highest BCUT2D eigenvalue weighted by Crippen LogP contribution is 2.29. The first-order valence-corrected chi connectivity index (χ1v) is 6.64. The first-order chi connectivity index (χ1) is 9.47. The molecule has 2 N–H and O–H groups in total. The fourth-order valence-corrected chi connectivity index (χ4v) is 2.22. The maximum atomic E-state index is 12.4. The van der Waals surface area contributed by atoms with E-state index in [9.17, 15) is 18.0 Å². The first-order valence-electron chi connectivity index (χ1n) is 6.64. The van der Waals surface area contributed by atoms with Gasteiger partial charge in [-0.1, -0.05) is 12.1 Å². The molecule has 1 saturated heterocycles. The summed E-state index contributed by atoms with van der Waals surface area (Å²) in [4.78, 5) is 11.7. The molecule has 1 atom stereocenters. The molecule has 20 heavy (non-hydrogen) atoms. The predicted octanol–water partition coefficient (Wildman–Crippen LogP) is 2.12. The highest BCUT2D eigenvalue weighted by molar-refractivity contribution is 5.81.